The summed E-state index contributed by atoms with van der Waals surface area (Å²) in [5.41, 5.74) is 2.86. The molecule has 1 atom stereocenters. The largest absolute Gasteiger partial charge is 0.408 e. The molecule has 1 aromatic heterocycles. The first-order chi connectivity index (χ1) is 34.7. The predicted octanol–water partition coefficient (Wildman–Crippen LogP) is 11.7. The Balaban J connectivity index is 1.37. The Bertz CT molecular complexity index is 3380. The van der Waals surface area contributed by atoms with Gasteiger partial charge in [0.05, 0.1) is 0 Å². The topological polar surface area (TPSA) is 38.3 Å². The van der Waals surface area contributed by atoms with Crippen molar-refractivity contribution in [3.63, 3.8) is 0 Å². The van der Waals surface area contributed by atoms with Crippen LogP contribution in [0.5, 0.6) is 0 Å². The monoisotopic (exact) mass is 951 g/mol. The summed E-state index contributed by atoms with van der Waals surface area (Å²) in [4.78, 5) is 0. The van der Waals surface area contributed by atoms with Crippen LogP contribution >= 0.6 is 8.16 Å². The van der Waals surface area contributed by atoms with Crippen LogP contribution in [-0.4, -0.2) is 16.1 Å². The molecule has 70 heavy (non-hydrogen) atoms. The summed E-state index contributed by atoms with van der Waals surface area (Å²) in [6, 6.07) is 100. The van der Waals surface area contributed by atoms with Gasteiger partial charge in [-0.05, 0) is 75.5 Å². The maximum atomic E-state index is 7.96. The fraction of sp³-hybridized carbons (Fsp3) is 0.0312. The van der Waals surface area contributed by atoms with Gasteiger partial charge >= 0.3 is 8.16 Å². The molecule has 1 heterocycles. The summed E-state index contributed by atoms with van der Waals surface area (Å²) in [5, 5.41) is 20.6. The molecule has 3 nitrogen and oxygen atoms in total. The van der Waals surface area contributed by atoms with Crippen LogP contribution in [0.3, 0.4) is 0 Å². The van der Waals surface area contributed by atoms with Crippen LogP contribution in [0.4, 0.5) is 0 Å². The molecule has 0 aliphatic rings. The Morgan fingerprint density at radius 3 is 0.929 bits per heavy atom. The van der Waals surface area contributed by atoms with E-state index in [1.165, 1.54) is 41.5 Å². The van der Waals surface area contributed by atoms with Gasteiger partial charge in [-0.1, -0.05) is 273 Å². The van der Waals surface area contributed by atoms with Crippen LogP contribution in [-0.2, 0) is 0 Å². The third-order valence-electron chi connectivity index (χ3n) is 14.2. The zero-order chi connectivity index (χ0) is 46.9. The van der Waals surface area contributed by atoms with Crippen molar-refractivity contribution >= 4 is 109 Å². The van der Waals surface area contributed by atoms with Crippen molar-refractivity contribution in [2.24, 2.45) is 0 Å². The zero-order valence-corrected chi connectivity index (χ0v) is 41.7. The van der Waals surface area contributed by atoms with E-state index in [-0.39, 0.29) is 6.04 Å². The molecule has 0 amide bonds. The SMILES string of the molecule is C[C@@H](Np1oc2c([Si](c3ccccc3)(c3ccccc3)c3ccccc3)cc3ccccc3c2c2c(o1)c([Si](c1ccccc1)(c1ccccc1)c1ccccc1)cc1ccccc12)c1ccccc1. The molecule has 0 aliphatic heterocycles. The van der Waals surface area contributed by atoms with Gasteiger partial charge < -0.3 is 8.39 Å². The third-order valence-corrected chi connectivity index (χ3v) is 25.1. The van der Waals surface area contributed by atoms with Crippen molar-refractivity contribution in [1.29, 1.82) is 0 Å². The van der Waals surface area contributed by atoms with E-state index < -0.39 is 24.3 Å². The second kappa shape index (κ2) is 18.6. The molecule has 0 spiro atoms. The Morgan fingerprint density at radius 2 is 0.614 bits per heavy atom. The summed E-state index contributed by atoms with van der Waals surface area (Å²) in [5.74, 6) is 0. The van der Waals surface area contributed by atoms with E-state index in [1.807, 2.05) is 0 Å². The van der Waals surface area contributed by atoms with Crippen molar-refractivity contribution in [3.8, 4) is 0 Å². The Kier molecular flexibility index (Phi) is 11.6. The number of benzene rings is 11. The molecular weight excluding hydrogens is 902 g/mol. The summed E-state index contributed by atoms with van der Waals surface area (Å²) in [7, 11) is -8.37. The molecule has 6 heteroatoms. The highest BCUT2D eigenvalue weighted by Gasteiger charge is 2.46. The Hall–Kier alpha value is -7.77. The smallest absolute Gasteiger partial charge is 0.307 e. The first-order valence-corrected chi connectivity index (χ1v) is 29.3. The summed E-state index contributed by atoms with van der Waals surface area (Å²) < 4.78 is 15.9. The fourth-order valence-corrected chi connectivity index (χ4v) is 22.5. The molecule has 0 saturated carbocycles. The lowest BCUT2D eigenvalue weighted by Crippen LogP contribution is -2.75. The average molecular weight is 952 g/mol. The van der Waals surface area contributed by atoms with Crippen molar-refractivity contribution in [1.82, 2.24) is 0 Å². The maximum Gasteiger partial charge on any atom is 0.307 e. The molecule has 336 valence electrons. The van der Waals surface area contributed by atoms with E-state index in [1.54, 1.807) is 0 Å². The van der Waals surface area contributed by atoms with Crippen molar-refractivity contribution in [3.05, 3.63) is 279 Å². The number of hydrogen-bond donors (Lipinski definition) is 1. The van der Waals surface area contributed by atoms with E-state index in [2.05, 4.69) is 285 Å². The lowest BCUT2D eigenvalue weighted by Gasteiger charge is -2.35. The molecule has 0 radical (unpaired) electrons. The third kappa shape index (κ3) is 7.29. The molecule has 0 unspecified atom stereocenters. The first kappa shape index (κ1) is 43.5. The van der Waals surface area contributed by atoms with Crippen molar-refractivity contribution < 1.29 is 8.39 Å². The minimum atomic E-state index is -3.24. The number of rotatable bonds is 11. The molecule has 0 aliphatic carbocycles. The Labute approximate surface area is 412 Å². The highest BCUT2D eigenvalue weighted by atomic mass is 31.1. The molecule has 11 aromatic carbocycles. The van der Waals surface area contributed by atoms with Gasteiger partial charge in [-0.15, -0.1) is 0 Å². The van der Waals surface area contributed by atoms with Crippen molar-refractivity contribution in [2.45, 2.75) is 13.0 Å². The van der Waals surface area contributed by atoms with Crippen LogP contribution in [0.1, 0.15) is 18.5 Å². The van der Waals surface area contributed by atoms with Gasteiger partial charge in [-0.2, -0.15) is 0 Å². The summed E-state index contributed by atoms with van der Waals surface area (Å²) in [6.07, 6.45) is 0. The van der Waals surface area contributed by atoms with E-state index in [9.17, 15) is 0 Å². The summed E-state index contributed by atoms with van der Waals surface area (Å²) in [6.45, 7) is 2.22. The molecule has 0 saturated heterocycles. The van der Waals surface area contributed by atoms with E-state index in [0.29, 0.717) is 0 Å². The second-order valence-corrected chi connectivity index (χ2v) is 26.8. The zero-order valence-electron chi connectivity index (χ0n) is 38.8. The van der Waals surface area contributed by atoms with E-state index in [0.717, 1.165) is 49.0 Å². The molecule has 1 N–H and O–H groups in total. The quantitative estimate of drug-likeness (QED) is 0.104. The lowest BCUT2D eigenvalue weighted by atomic mass is 9.98. The van der Waals surface area contributed by atoms with Crippen LogP contribution in [0.15, 0.2) is 281 Å². The highest BCUT2D eigenvalue weighted by molar-refractivity contribution is 7.38. The average Bonchev–Trinajstić information content (AvgIpc) is 3.61. The Morgan fingerprint density at radius 1 is 0.343 bits per heavy atom. The minimum absolute atomic E-state index is 0.108. The normalized spacial score (nSPS) is 12.4. The van der Waals surface area contributed by atoms with Crippen LogP contribution < -0.4 is 46.6 Å². The van der Waals surface area contributed by atoms with Gasteiger partial charge in [0.25, 0.3) is 0 Å². The van der Waals surface area contributed by atoms with E-state index >= 15 is 0 Å². The highest BCUT2D eigenvalue weighted by Crippen LogP contribution is 2.42. The predicted molar refractivity (Wildman–Crippen MR) is 303 cm³/mol. The first-order valence-electron chi connectivity index (χ1n) is 24.1. The molecule has 12 rings (SSSR count). The van der Waals surface area contributed by atoms with Gasteiger partial charge in [0, 0.05) is 16.8 Å². The van der Waals surface area contributed by atoms with Crippen LogP contribution in [0.2, 0.25) is 0 Å². The van der Waals surface area contributed by atoms with Gasteiger partial charge in [-0.25, -0.2) is 5.09 Å². The van der Waals surface area contributed by atoms with Gasteiger partial charge in [-0.3, -0.25) is 0 Å². The standard InChI is InChI=1S/C64H50NO2PSi2/c1-47(48-27-9-2-10-28-48)65-68-66-63-59(69(51-31-11-3-12-32-51,52-33-13-4-14-34-52)53-35-15-5-16-36-53)45-49-29-23-25-43-57(49)61(63)62-58-44-26-24-30-50(58)46-60(64(62)67-68)70(54-37-17-6-18-38-54,55-39-19-7-20-40-55)56-41-21-8-22-42-56/h2-47,65H,1H3/t47-/m1/s1. The number of fused-ring (bicyclic) bond motifs is 7. The van der Waals surface area contributed by atoms with Crippen LogP contribution in [0.25, 0.3) is 43.5 Å². The van der Waals surface area contributed by atoms with Gasteiger partial charge in [0.2, 0.25) is 0 Å². The van der Waals surface area contributed by atoms with Crippen LogP contribution in [0, 0.1) is 0 Å². The van der Waals surface area contributed by atoms with Gasteiger partial charge in [0.15, 0.2) is 16.1 Å². The fourth-order valence-electron chi connectivity index (χ4n) is 11.2. The lowest BCUT2D eigenvalue weighted by molar-refractivity contribution is 0.639. The number of hydrogen-bond acceptors (Lipinski definition) is 3. The van der Waals surface area contributed by atoms with Gasteiger partial charge in [0.1, 0.15) is 11.2 Å². The molecule has 0 bridgehead atoms. The number of nitrogens with one attached hydrogen (secondary N) is 1. The molecule has 12 aromatic rings. The van der Waals surface area contributed by atoms with Crippen molar-refractivity contribution in [2.75, 3.05) is 5.09 Å². The van der Waals surface area contributed by atoms with E-state index in [4.69, 9.17) is 8.39 Å². The summed E-state index contributed by atoms with van der Waals surface area (Å²) >= 11 is 0. The minimum Gasteiger partial charge on any atom is -0.408 e. The maximum absolute atomic E-state index is 7.96. The molecular formula is C64H50NO2PSi2. The second-order valence-electron chi connectivity index (χ2n) is 18.1. The molecule has 0 fully saturated rings.